The highest BCUT2D eigenvalue weighted by Crippen LogP contribution is 2.36. The van der Waals surface area contributed by atoms with Crippen LogP contribution >= 0.6 is 0 Å². The van der Waals surface area contributed by atoms with Crippen LogP contribution in [-0.2, 0) is 11.8 Å². The first-order chi connectivity index (χ1) is 11.1. The van der Waals surface area contributed by atoms with Crippen LogP contribution in [0.2, 0.25) is 0 Å². The number of amides is 1. The monoisotopic (exact) mass is 315 g/mol. The Bertz CT molecular complexity index is 646. The Morgan fingerprint density at radius 3 is 3.04 bits per heavy atom. The Morgan fingerprint density at radius 1 is 1.57 bits per heavy atom. The highest BCUT2D eigenvalue weighted by atomic mass is 16.5. The van der Waals surface area contributed by atoms with Crippen LogP contribution < -0.4 is 5.32 Å². The molecule has 1 unspecified atom stereocenters. The number of aryl methyl sites for hydroxylation is 1. The molecule has 7 heteroatoms. The van der Waals surface area contributed by atoms with Crippen molar-refractivity contribution in [2.24, 2.45) is 17.3 Å². The van der Waals surface area contributed by atoms with Gasteiger partial charge < -0.3 is 10.1 Å². The number of carbonyl (C=O) groups is 1. The quantitative estimate of drug-likeness (QED) is 0.781. The second kappa shape index (κ2) is 6.50. The third-order valence-corrected chi connectivity index (χ3v) is 4.20. The molecular formula is C16H21N5O2. The van der Waals surface area contributed by atoms with Crippen LogP contribution in [0.15, 0.2) is 16.4 Å². The number of nitrogens with zero attached hydrogens (tertiary/aromatic N) is 4. The van der Waals surface area contributed by atoms with E-state index in [4.69, 9.17) is 11.2 Å². The predicted octanol–water partition coefficient (Wildman–Crippen LogP) is 1.97. The van der Waals surface area contributed by atoms with Gasteiger partial charge in [0.15, 0.2) is 5.66 Å². The van der Waals surface area contributed by atoms with Gasteiger partial charge in [-0.05, 0) is 12.8 Å². The Balaban J connectivity index is 1.55. The van der Waals surface area contributed by atoms with E-state index in [9.17, 15) is 4.79 Å². The molecule has 2 aliphatic rings. The molecule has 0 aromatic carbocycles. The Hall–Kier alpha value is -2.20. The number of aromatic nitrogens is 2. The second-order valence-corrected chi connectivity index (χ2v) is 6.00. The van der Waals surface area contributed by atoms with Gasteiger partial charge in [-0.25, -0.2) is 0 Å². The Morgan fingerprint density at radius 2 is 2.39 bits per heavy atom. The molecule has 3 rings (SSSR count). The van der Waals surface area contributed by atoms with Gasteiger partial charge in [0.05, 0.1) is 5.56 Å². The molecular weight excluding hydrogens is 294 g/mol. The third kappa shape index (κ3) is 3.59. The summed E-state index contributed by atoms with van der Waals surface area (Å²) in [6.07, 6.45) is 10.9. The fourth-order valence-electron chi connectivity index (χ4n) is 2.85. The average molecular weight is 315 g/mol. The first-order valence-electron chi connectivity index (χ1n) is 7.94. The molecule has 1 fully saturated rings. The van der Waals surface area contributed by atoms with Gasteiger partial charge in [0.25, 0.3) is 5.91 Å². The maximum Gasteiger partial charge on any atom is 0.254 e. The standard InChI is InChI=1S/C16H21N5O2/c1-3-4-7-16(19-20-16)8-9-17-15(22)12-11-21(2)18-14(12)13-6-5-10-23-13/h1,11,13H,4-10H2,2H3,(H,17,22). The summed E-state index contributed by atoms with van der Waals surface area (Å²) >= 11 is 0. The lowest BCUT2D eigenvalue weighted by Gasteiger charge is -2.11. The number of rotatable bonds is 7. The number of hydrogen-bond donors (Lipinski definition) is 1. The highest BCUT2D eigenvalue weighted by Gasteiger charge is 2.38. The Kier molecular flexibility index (Phi) is 4.44. The summed E-state index contributed by atoms with van der Waals surface area (Å²) in [5, 5.41) is 15.5. The maximum absolute atomic E-state index is 12.4. The maximum atomic E-state index is 12.4. The second-order valence-electron chi connectivity index (χ2n) is 6.00. The smallest absolute Gasteiger partial charge is 0.254 e. The van der Waals surface area contributed by atoms with Gasteiger partial charge in [-0.2, -0.15) is 15.3 Å². The molecule has 1 aromatic rings. The topological polar surface area (TPSA) is 80.9 Å². The molecule has 0 radical (unpaired) electrons. The van der Waals surface area contributed by atoms with Gasteiger partial charge in [-0.1, -0.05) is 0 Å². The van der Waals surface area contributed by atoms with Crippen molar-refractivity contribution in [3.63, 3.8) is 0 Å². The first kappa shape index (κ1) is 15.7. The zero-order valence-electron chi connectivity index (χ0n) is 13.3. The first-order valence-corrected chi connectivity index (χ1v) is 7.94. The van der Waals surface area contributed by atoms with Crippen molar-refractivity contribution >= 4 is 5.91 Å². The van der Waals surface area contributed by atoms with E-state index in [1.54, 1.807) is 10.9 Å². The lowest BCUT2D eigenvalue weighted by molar-refractivity contribution is 0.0921. The van der Waals surface area contributed by atoms with E-state index in [2.05, 4.69) is 26.6 Å². The SMILES string of the molecule is C#CCCC1(CCNC(=O)c2cn(C)nc2C2CCCO2)N=N1. The summed E-state index contributed by atoms with van der Waals surface area (Å²) in [6, 6.07) is 0. The number of hydrogen-bond acceptors (Lipinski definition) is 5. The zero-order valence-corrected chi connectivity index (χ0v) is 13.3. The van der Waals surface area contributed by atoms with E-state index in [-0.39, 0.29) is 17.7 Å². The van der Waals surface area contributed by atoms with Crippen LogP contribution in [0, 0.1) is 12.3 Å². The van der Waals surface area contributed by atoms with Gasteiger partial charge in [0.1, 0.15) is 11.8 Å². The molecule has 1 N–H and O–H groups in total. The minimum absolute atomic E-state index is 0.0765. The minimum Gasteiger partial charge on any atom is -0.372 e. The summed E-state index contributed by atoms with van der Waals surface area (Å²) in [7, 11) is 1.81. The molecule has 1 atom stereocenters. The Labute approximate surface area is 135 Å². The van der Waals surface area contributed by atoms with Gasteiger partial charge in [-0.15, -0.1) is 12.3 Å². The van der Waals surface area contributed by atoms with Crippen LogP contribution in [0.4, 0.5) is 0 Å². The molecule has 0 saturated carbocycles. The zero-order chi connectivity index (χ0) is 16.3. The van der Waals surface area contributed by atoms with Crippen molar-refractivity contribution in [3.8, 4) is 12.3 Å². The van der Waals surface area contributed by atoms with E-state index in [0.29, 0.717) is 24.9 Å². The molecule has 2 aliphatic heterocycles. The highest BCUT2D eigenvalue weighted by molar-refractivity contribution is 5.95. The van der Waals surface area contributed by atoms with Crippen LogP contribution in [0.25, 0.3) is 0 Å². The number of carbonyl (C=O) groups excluding carboxylic acids is 1. The number of nitrogens with one attached hydrogen (secondary N) is 1. The van der Waals surface area contributed by atoms with Gasteiger partial charge in [0.2, 0.25) is 0 Å². The van der Waals surface area contributed by atoms with E-state index in [1.807, 2.05) is 7.05 Å². The van der Waals surface area contributed by atoms with E-state index >= 15 is 0 Å². The lowest BCUT2D eigenvalue weighted by Crippen LogP contribution is -2.29. The third-order valence-electron chi connectivity index (χ3n) is 4.20. The molecule has 1 saturated heterocycles. The van der Waals surface area contributed by atoms with Crippen LogP contribution in [0.5, 0.6) is 0 Å². The molecule has 3 heterocycles. The van der Waals surface area contributed by atoms with Crippen molar-refractivity contribution in [2.75, 3.05) is 13.2 Å². The molecule has 0 aliphatic carbocycles. The molecule has 122 valence electrons. The van der Waals surface area contributed by atoms with Gasteiger partial charge in [-0.3, -0.25) is 9.48 Å². The van der Waals surface area contributed by atoms with E-state index in [1.165, 1.54) is 0 Å². The summed E-state index contributed by atoms with van der Waals surface area (Å²) in [4.78, 5) is 12.4. The molecule has 1 amide bonds. The minimum atomic E-state index is -0.369. The van der Waals surface area contributed by atoms with Crippen LogP contribution in [-0.4, -0.2) is 34.5 Å². The van der Waals surface area contributed by atoms with Crippen LogP contribution in [0.1, 0.15) is 54.3 Å². The fourth-order valence-corrected chi connectivity index (χ4v) is 2.85. The number of terminal acetylenes is 1. The normalized spacial score (nSPS) is 21.1. The van der Waals surface area contributed by atoms with Gasteiger partial charge >= 0.3 is 0 Å². The van der Waals surface area contributed by atoms with E-state index in [0.717, 1.165) is 31.6 Å². The molecule has 7 nitrogen and oxygen atoms in total. The fraction of sp³-hybridized carbons (Fsp3) is 0.625. The number of ether oxygens (including phenoxy) is 1. The van der Waals surface area contributed by atoms with Crippen molar-refractivity contribution < 1.29 is 9.53 Å². The lowest BCUT2D eigenvalue weighted by atomic mass is 10.0. The molecule has 0 spiro atoms. The molecule has 23 heavy (non-hydrogen) atoms. The van der Waals surface area contributed by atoms with Crippen LogP contribution in [0.3, 0.4) is 0 Å². The van der Waals surface area contributed by atoms with E-state index < -0.39 is 0 Å². The van der Waals surface area contributed by atoms with Crippen molar-refractivity contribution in [1.29, 1.82) is 0 Å². The summed E-state index contributed by atoms with van der Waals surface area (Å²) < 4.78 is 7.31. The molecule has 1 aromatic heterocycles. The summed E-state index contributed by atoms with van der Waals surface area (Å²) in [5.74, 6) is 2.47. The van der Waals surface area contributed by atoms with Crippen molar-refractivity contribution in [3.05, 3.63) is 17.5 Å². The summed E-state index contributed by atoms with van der Waals surface area (Å²) in [6.45, 7) is 1.24. The van der Waals surface area contributed by atoms with Crippen molar-refractivity contribution in [2.45, 2.75) is 43.9 Å². The van der Waals surface area contributed by atoms with Gasteiger partial charge in [0, 0.05) is 45.7 Å². The average Bonchev–Trinajstić information content (AvgIpc) is 2.95. The molecule has 0 bridgehead atoms. The predicted molar refractivity (Wildman–Crippen MR) is 83.7 cm³/mol. The largest absolute Gasteiger partial charge is 0.372 e. The van der Waals surface area contributed by atoms with Crippen molar-refractivity contribution in [1.82, 2.24) is 15.1 Å². The summed E-state index contributed by atoms with van der Waals surface area (Å²) in [5.41, 5.74) is 0.943.